The zero-order valence-corrected chi connectivity index (χ0v) is 11.8. The molecule has 2 rings (SSSR count). The van der Waals surface area contributed by atoms with Gasteiger partial charge in [0.2, 0.25) is 0 Å². The van der Waals surface area contributed by atoms with Crippen LogP contribution in [0.3, 0.4) is 0 Å². The highest BCUT2D eigenvalue weighted by Crippen LogP contribution is 2.26. The van der Waals surface area contributed by atoms with Gasteiger partial charge >= 0.3 is 0 Å². The lowest BCUT2D eigenvalue weighted by atomic mass is 10.3. The molecule has 6 nitrogen and oxygen atoms in total. The summed E-state index contributed by atoms with van der Waals surface area (Å²) in [5, 5.41) is 9.29. The molecule has 4 N–H and O–H groups in total. The molecule has 0 aliphatic rings. The molecule has 0 aliphatic carbocycles. The maximum Gasteiger partial charge on any atom is 0.261 e. The van der Waals surface area contributed by atoms with Crippen molar-refractivity contribution in [1.82, 2.24) is 0 Å². The Hall–Kier alpha value is -2.48. The van der Waals surface area contributed by atoms with Crippen LogP contribution in [-0.4, -0.2) is 20.6 Å². The highest BCUT2D eigenvalue weighted by atomic mass is 32.2. The van der Waals surface area contributed by atoms with Crippen LogP contribution >= 0.6 is 0 Å². The van der Waals surface area contributed by atoms with Crippen LogP contribution in [-0.2, 0) is 10.0 Å². The van der Waals surface area contributed by atoms with Crippen LogP contribution in [0.15, 0.2) is 41.3 Å². The molecule has 0 fully saturated rings. The van der Waals surface area contributed by atoms with Gasteiger partial charge in [0.05, 0.1) is 23.4 Å². The lowest BCUT2D eigenvalue weighted by Gasteiger charge is -2.10. The van der Waals surface area contributed by atoms with E-state index in [4.69, 9.17) is 10.5 Å². The van der Waals surface area contributed by atoms with E-state index in [-0.39, 0.29) is 27.8 Å². The van der Waals surface area contributed by atoms with Gasteiger partial charge in [-0.1, -0.05) is 0 Å². The minimum atomic E-state index is -3.94. The minimum absolute atomic E-state index is 0.00632. The monoisotopic (exact) mass is 312 g/mol. The fourth-order valence-electron chi connectivity index (χ4n) is 1.64. The van der Waals surface area contributed by atoms with E-state index in [1.807, 2.05) is 0 Å². The first-order chi connectivity index (χ1) is 9.83. The molecule has 0 unspecified atom stereocenters. The Morgan fingerprint density at radius 2 is 1.95 bits per heavy atom. The van der Waals surface area contributed by atoms with Crippen LogP contribution in [0.25, 0.3) is 0 Å². The van der Waals surface area contributed by atoms with Crippen LogP contribution in [0.5, 0.6) is 11.5 Å². The lowest BCUT2D eigenvalue weighted by molar-refractivity contribution is 0.386. The average Bonchev–Trinajstić information content (AvgIpc) is 2.41. The molecule has 0 amide bonds. The molecule has 0 aromatic heterocycles. The van der Waals surface area contributed by atoms with Crippen LogP contribution < -0.4 is 15.2 Å². The summed E-state index contributed by atoms with van der Waals surface area (Å²) < 4.78 is 44.7. The summed E-state index contributed by atoms with van der Waals surface area (Å²) in [5.41, 5.74) is 5.43. The van der Waals surface area contributed by atoms with E-state index in [2.05, 4.69) is 4.72 Å². The van der Waals surface area contributed by atoms with Crippen LogP contribution in [0, 0.1) is 5.82 Å². The third-order valence-electron chi connectivity index (χ3n) is 2.71. The van der Waals surface area contributed by atoms with Gasteiger partial charge in [0.15, 0.2) is 11.6 Å². The number of aromatic hydroxyl groups is 1. The molecule has 2 aromatic carbocycles. The van der Waals surface area contributed by atoms with E-state index in [1.165, 1.54) is 31.4 Å². The van der Waals surface area contributed by atoms with Crippen molar-refractivity contribution in [1.29, 1.82) is 0 Å². The van der Waals surface area contributed by atoms with E-state index in [0.29, 0.717) is 0 Å². The SMILES string of the molecule is COc1ccc(NS(=O)(=O)c2ccc(O)c(N)c2)cc1F. The van der Waals surface area contributed by atoms with Crippen molar-refractivity contribution in [2.45, 2.75) is 4.90 Å². The molecule has 112 valence electrons. The van der Waals surface area contributed by atoms with E-state index in [9.17, 15) is 17.9 Å². The number of nitrogens with two attached hydrogens (primary N) is 1. The number of rotatable bonds is 4. The number of phenolic OH excluding ortho intramolecular Hbond substituents is 1. The van der Waals surface area contributed by atoms with Gasteiger partial charge in [-0.25, -0.2) is 12.8 Å². The summed E-state index contributed by atoms with van der Waals surface area (Å²) in [4.78, 5) is -0.144. The Balaban J connectivity index is 2.32. The molecule has 0 spiro atoms. The first-order valence-corrected chi connectivity index (χ1v) is 7.26. The zero-order chi connectivity index (χ0) is 15.6. The van der Waals surface area contributed by atoms with Crippen molar-refractivity contribution in [2.75, 3.05) is 17.6 Å². The molecular weight excluding hydrogens is 299 g/mol. The number of anilines is 2. The number of hydrogen-bond donors (Lipinski definition) is 3. The van der Waals surface area contributed by atoms with Crippen molar-refractivity contribution >= 4 is 21.4 Å². The Kier molecular flexibility index (Phi) is 3.90. The van der Waals surface area contributed by atoms with E-state index in [0.717, 1.165) is 12.1 Å². The second kappa shape index (κ2) is 5.49. The van der Waals surface area contributed by atoms with Gasteiger partial charge in [-0.05, 0) is 30.3 Å². The fraction of sp³-hybridized carbons (Fsp3) is 0.0769. The lowest BCUT2D eigenvalue weighted by Crippen LogP contribution is -2.13. The molecule has 8 heteroatoms. The first-order valence-electron chi connectivity index (χ1n) is 5.78. The molecule has 0 heterocycles. The van der Waals surface area contributed by atoms with Crippen molar-refractivity contribution in [3.05, 3.63) is 42.2 Å². The number of methoxy groups -OCH3 is 1. The van der Waals surface area contributed by atoms with Gasteiger partial charge in [0, 0.05) is 6.07 Å². The van der Waals surface area contributed by atoms with Crippen molar-refractivity contribution in [3.8, 4) is 11.5 Å². The van der Waals surface area contributed by atoms with Gasteiger partial charge in [0.1, 0.15) is 5.75 Å². The third kappa shape index (κ3) is 3.16. The van der Waals surface area contributed by atoms with Crippen molar-refractivity contribution in [3.63, 3.8) is 0 Å². The van der Waals surface area contributed by atoms with Crippen LogP contribution in [0.4, 0.5) is 15.8 Å². The number of nitrogens with one attached hydrogen (secondary N) is 1. The number of sulfonamides is 1. The maximum atomic E-state index is 13.5. The second-order valence-corrected chi connectivity index (χ2v) is 5.86. The van der Waals surface area contributed by atoms with E-state index < -0.39 is 15.8 Å². The largest absolute Gasteiger partial charge is 0.506 e. The summed E-state index contributed by atoms with van der Waals surface area (Å²) in [6, 6.07) is 7.13. The van der Waals surface area contributed by atoms with Gasteiger partial charge in [-0.2, -0.15) is 0 Å². The minimum Gasteiger partial charge on any atom is -0.506 e. The predicted octanol–water partition coefficient (Wildman–Crippen LogP) is 1.92. The molecule has 0 bridgehead atoms. The van der Waals surface area contributed by atoms with Gasteiger partial charge in [-0.3, -0.25) is 4.72 Å². The molecular formula is C13H13FN2O4S. The van der Waals surface area contributed by atoms with Gasteiger partial charge in [0.25, 0.3) is 10.0 Å². The molecule has 0 radical (unpaired) electrons. The third-order valence-corrected chi connectivity index (χ3v) is 4.09. The Bertz CT molecular complexity index is 778. The zero-order valence-electron chi connectivity index (χ0n) is 11.0. The Labute approximate surface area is 121 Å². The highest BCUT2D eigenvalue weighted by molar-refractivity contribution is 7.92. The normalized spacial score (nSPS) is 11.1. The van der Waals surface area contributed by atoms with Crippen molar-refractivity contribution in [2.24, 2.45) is 0 Å². The van der Waals surface area contributed by atoms with Gasteiger partial charge in [-0.15, -0.1) is 0 Å². The van der Waals surface area contributed by atoms with E-state index in [1.54, 1.807) is 0 Å². The fourth-order valence-corrected chi connectivity index (χ4v) is 2.73. The predicted molar refractivity (Wildman–Crippen MR) is 76.3 cm³/mol. The second-order valence-electron chi connectivity index (χ2n) is 4.18. The van der Waals surface area contributed by atoms with Gasteiger partial charge < -0.3 is 15.6 Å². The number of nitrogen functional groups attached to an aromatic ring is 1. The smallest absolute Gasteiger partial charge is 0.261 e. The Morgan fingerprint density at radius 3 is 2.52 bits per heavy atom. The maximum absolute atomic E-state index is 13.5. The highest BCUT2D eigenvalue weighted by Gasteiger charge is 2.16. The first kappa shape index (κ1) is 14.9. The van der Waals surface area contributed by atoms with Crippen LogP contribution in [0.1, 0.15) is 0 Å². The van der Waals surface area contributed by atoms with Crippen LogP contribution in [0.2, 0.25) is 0 Å². The number of benzene rings is 2. The number of ether oxygens (including phenoxy) is 1. The Morgan fingerprint density at radius 1 is 1.24 bits per heavy atom. The van der Waals surface area contributed by atoms with Crippen molar-refractivity contribution < 1.29 is 22.7 Å². The summed E-state index contributed by atoms with van der Waals surface area (Å²) in [6.07, 6.45) is 0. The molecule has 0 saturated heterocycles. The average molecular weight is 312 g/mol. The number of halogens is 1. The standard InChI is InChI=1S/C13H13FN2O4S/c1-20-13-5-2-8(6-10(13)14)16-21(18,19)9-3-4-12(17)11(15)7-9/h2-7,16-17H,15H2,1H3. The molecule has 21 heavy (non-hydrogen) atoms. The molecule has 0 atom stereocenters. The van der Waals surface area contributed by atoms with E-state index >= 15 is 0 Å². The quantitative estimate of drug-likeness (QED) is 0.591. The topological polar surface area (TPSA) is 102 Å². The molecule has 2 aromatic rings. The summed E-state index contributed by atoms with van der Waals surface area (Å²) in [7, 11) is -2.63. The summed E-state index contributed by atoms with van der Waals surface area (Å²) in [6.45, 7) is 0. The summed E-state index contributed by atoms with van der Waals surface area (Å²) >= 11 is 0. The number of phenols is 1. The number of hydrogen-bond acceptors (Lipinski definition) is 5. The molecule has 0 saturated carbocycles. The molecule has 0 aliphatic heterocycles. The summed E-state index contributed by atoms with van der Waals surface area (Å²) in [5.74, 6) is -0.904.